The van der Waals surface area contributed by atoms with Crippen molar-refractivity contribution in [1.82, 2.24) is 5.32 Å². The number of hydrogen-bond donors (Lipinski definition) is 2. The number of benzene rings is 1. The van der Waals surface area contributed by atoms with E-state index in [2.05, 4.69) is 5.32 Å². The van der Waals surface area contributed by atoms with Crippen LogP contribution in [-0.4, -0.2) is 20.4 Å². The highest BCUT2D eigenvalue weighted by atomic mass is 32.2. The van der Waals surface area contributed by atoms with Gasteiger partial charge < -0.3 is 5.32 Å². The second-order valence-corrected chi connectivity index (χ2v) is 6.17. The van der Waals surface area contributed by atoms with Crippen molar-refractivity contribution in [3.63, 3.8) is 0 Å². The molecule has 0 spiro atoms. The molecule has 0 bridgehead atoms. The monoisotopic (exact) mass is 268 g/mol. The van der Waals surface area contributed by atoms with E-state index < -0.39 is 10.0 Å². The zero-order chi connectivity index (χ0) is 13.3. The molecule has 0 radical (unpaired) electrons. The maximum Gasteiger partial charge on any atom is 0.252 e. The largest absolute Gasteiger partial charge is 0.349 e. The fourth-order valence-electron chi connectivity index (χ4n) is 1.90. The normalized spacial score (nSPS) is 17.2. The lowest BCUT2D eigenvalue weighted by molar-refractivity contribution is 0.0932. The molecular formula is C12H16N2O3S. The molecule has 1 unspecified atom stereocenters. The van der Waals surface area contributed by atoms with Gasteiger partial charge in [0.2, 0.25) is 10.0 Å². The number of nitrogens with two attached hydrogens (primary N) is 1. The first kappa shape index (κ1) is 13.0. The summed E-state index contributed by atoms with van der Waals surface area (Å²) in [5.41, 5.74) is 0.104. The number of carbonyl (C=O) groups excluding carboxylic acids is 1. The van der Waals surface area contributed by atoms with Crippen LogP contribution in [0.1, 0.15) is 30.1 Å². The summed E-state index contributed by atoms with van der Waals surface area (Å²) in [6, 6.07) is 6.03. The molecule has 1 aliphatic rings. The molecule has 98 valence electrons. The van der Waals surface area contributed by atoms with Crippen molar-refractivity contribution in [3.8, 4) is 0 Å². The Hall–Kier alpha value is -1.40. The highest BCUT2D eigenvalue weighted by Crippen LogP contribution is 2.32. The van der Waals surface area contributed by atoms with E-state index >= 15 is 0 Å². The summed E-state index contributed by atoms with van der Waals surface area (Å²) in [5.74, 6) is 0.120. The van der Waals surface area contributed by atoms with Crippen LogP contribution in [0.5, 0.6) is 0 Å². The third-order valence-electron chi connectivity index (χ3n) is 3.13. The first-order valence-electron chi connectivity index (χ1n) is 5.82. The van der Waals surface area contributed by atoms with Gasteiger partial charge in [-0.3, -0.25) is 4.79 Å². The Balaban J connectivity index is 2.24. The minimum atomic E-state index is -3.88. The molecule has 18 heavy (non-hydrogen) atoms. The van der Waals surface area contributed by atoms with Crippen molar-refractivity contribution in [2.24, 2.45) is 11.1 Å². The van der Waals surface area contributed by atoms with Crippen LogP contribution in [-0.2, 0) is 10.0 Å². The zero-order valence-corrected chi connectivity index (χ0v) is 10.9. The van der Waals surface area contributed by atoms with Gasteiger partial charge in [-0.1, -0.05) is 12.1 Å². The maximum absolute atomic E-state index is 12.0. The Morgan fingerprint density at radius 2 is 2.00 bits per heavy atom. The van der Waals surface area contributed by atoms with Gasteiger partial charge in [0.15, 0.2) is 0 Å². The molecule has 0 saturated heterocycles. The van der Waals surface area contributed by atoms with E-state index in [1.807, 2.05) is 6.92 Å². The number of sulfonamides is 1. The minimum Gasteiger partial charge on any atom is -0.349 e. The molecule has 1 saturated carbocycles. The molecule has 1 atom stereocenters. The Morgan fingerprint density at radius 1 is 1.39 bits per heavy atom. The van der Waals surface area contributed by atoms with Crippen LogP contribution < -0.4 is 10.5 Å². The standard InChI is InChI=1S/C12H16N2O3S/c1-8(9-6-7-9)14-12(15)10-4-2-3-5-11(10)18(13,16)17/h2-5,8-9H,6-7H2,1H3,(H,14,15)(H2,13,16,17). The van der Waals surface area contributed by atoms with Crippen molar-refractivity contribution < 1.29 is 13.2 Å². The summed E-state index contributed by atoms with van der Waals surface area (Å²) in [5, 5.41) is 7.90. The Kier molecular flexibility index (Phi) is 3.41. The molecule has 2 rings (SSSR count). The van der Waals surface area contributed by atoms with E-state index in [0.717, 1.165) is 12.8 Å². The summed E-state index contributed by atoms with van der Waals surface area (Å²) in [6.45, 7) is 1.93. The van der Waals surface area contributed by atoms with E-state index in [4.69, 9.17) is 5.14 Å². The third kappa shape index (κ3) is 2.88. The fraction of sp³-hybridized carbons (Fsp3) is 0.417. The SMILES string of the molecule is CC(NC(=O)c1ccccc1S(N)(=O)=O)C1CC1. The average molecular weight is 268 g/mol. The highest BCUT2D eigenvalue weighted by Gasteiger charge is 2.30. The third-order valence-corrected chi connectivity index (χ3v) is 4.10. The number of nitrogens with one attached hydrogen (secondary N) is 1. The lowest BCUT2D eigenvalue weighted by atomic mass is 10.1. The molecule has 0 heterocycles. The lowest BCUT2D eigenvalue weighted by Gasteiger charge is -2.14. The van der Waals surface area contributed by atoms with Gasteiger partial charge >= 0.3 is 0 Å². The van der Waals surface area contributed by atoms with E-state index in [1.165, 1.54) is 12.1 Å². The molecule has 0 aromatic heterocycles. The maximum atomic E-state index is 12.0. The predicted octanol–water partition coefficient (Wildman–Crippen LogP) is 0.862. The second kappa shape index (κ2) is 4.70. The van der Waals surface area contributed by atoms with Crippen LogP contribution in [0.25, 0.3) is 0 Å². The van der Waals surface area contributed by atoms with E-state index in [-0.39, 0.29) is 22.4 Å². The topological polar surface area (TPSA) is 89.3 Å². The van der Waals surface area contributed by atoms with E-state index in [9.17, 15) is 13.2 Å². The van der Waals surface area contributed by atoms with Gasteiger partial charge in [0.05, 0.1) is 10.5 Å². The van der Waals surface area contributed by atoms with Gasteiger partial charge in [-0.2, -0.15) is 0 Å². The van der Waals surface area contributed by atoms with E-state index in [1.54, 1.807) is 12.1 Å². The van der Waals surface area contributed by atoms with Gasteiger partial charge in [0.25, 0.3) is 5.91 Å². The zero-order valence-electron chi connectivity index (χ0n) is 10.1. The quantitative estimate of drug-likeness (QED) is 0.848. The van der Waals surface area contributed by atoms with Crippen LogP contribution in [0, 0.1) is 5.92 Å². The fourth-order valence-corrected chi connectivity index (χ4v) is 2.64. The second-order valence-electron chi connectivity index (χ2n) is 4.64. The van der Waals surface area contributed by atoms with Crippen molar-refractivity contribution in [1.29, 1.82) is 0 Å². The Labute approximate surface area is 106 Å². The smallest absolute Gasteiger partial charge is 0.252 e. The number of carbonyl (C=O) groups is 1. The molecule has 1 amide bonds. The number of amides is 1. The van der Waals surface area contributed by atoms with Gasteiger partial charge in [-0.05, 0) is 37.8 Å². The molecule has 0 aliphatic heterocycles. The van der Waals surface area contributed by atoms with Crippen LogP contribution in [0.3, 0.4) is 0 Å². The predicted molar refractivity (Wildman–Crippen MR) is 67.5 cm³/mol. The molecular weight excluding hydrogens is 252 g/mol. The van der Waals surface area contributed by atoms with Crippen molar-refractivity contribution >= 4 is 15.9 Å². The summed E-state index contributed by atoms with van der Waals surface area (Å²) < 4.78 is 22.8. The van der Waals surface area contributed by atoms with Crippen LogP contribution in [0.2, 0.25) is 0 Å². The number of rotatable bonds is 4. The van der Waals surface area contributed by atoms with Gasteiger partial charge in [-0.15, -0.1) is 0 Å². The van der Waals surface area contributed by atoms with Crippen LogP contribution >= 0.6 is 0 Å². The summed E-state index contributed by atoms with van der Waals surface area (Å²) in [6.07, 6.45) is 2.22. The van der Waals surface area contributed by atoms with E-state index in [0.29, 0.717) is 5.92 Å². The van der Waals surface area contributed by atoms with Crippen molar-refractivity contribution in [2.75, 3.05) is 0 Å². The Morgan fingerprint density at radius 3 is 2.56 bits per heavy atom. The van der Waals surface area contributed by atoms with Gasteiger partial charge in [0.1, 0.15) is 0 Å². The Bertz CT molecular complexity index is 564. The molecule has 1 aliphatic carbocycles. The number of hydrogen-bond acceptors (Lipinski definition) is 3. The van der Waals surface area contributed by atoms with Gasteiger partial charge in [0, 0.05) is 6.04 Å². The average Bonchev–Trinajstić information content (AvgIpc) is 3.11. The van der Waals surface area contributed by atoms with Gasteiger partial charge in [-0.25, -0.2) is 13.6 Å². The summed E-state index contributed by atoms with van der Waals surface area (Å²) in [4.78, 5) is 11.9. The first-order valence-corrected chi connectivity index (χ1v) is 7.37. The lowest BCUT2D eigenvalue weighted by Crippen LogP contribution is -2.35. The van der Waals surface area contributed by atoms with Crippen LogP contribution in [0.15, 0.2) is 29.2 Å². The summed E-state index contributed by atoms with van der Waals surface area (Å²) in [7, 11) is -3.88. The molecule has 5 nitrogen and oxygen atoms in total. The minimum absolute atomic E-state index is 0.0611. The van der Waals surface area contributed by atoms with Crippen molar-refractivity contribution in [2.45, 2.75) is 30.7 Å². The highest BCUT2D eigenvalue weighted by molar-refractivity contribution is 7.89. The van der Waals surface area contributed by atoms with Crippen molar-refractivity contribution in [3.05, 3.63) is 29.8 Å². The molecule has 6 heteroatoms. The molecule has 1 aromatic rings. The molecule has 1 aromatic carbocycles. The van der Waals surface area contributed by atoms with Crippen LogP contribution in [0.4, 0.5) is 0 Å². The molecule has 1 fully saturated rings. The first-order chi connectivity index (χ1) is 8.39. The number of primary sulfonamides is 1. The summed E-state index contributed by atoms with van der Waals surface area (Å²) >= 11 is 0. The molecule has 3 N–H and O–H groups in total.